The summed E-state index contributed by atoms with van der Waals surface area (Å²) >= 11 is 0. The molecular weight excluding hydrogens is 254 g/mol. The van der Waals surface area contributed by atoms with Crippen LogP contribution in [-0.4, -0.2) is 23.3 Å². The highest BCUT2D eigenvalue weighted by molar-refractivity contribution is 5.42. The highest BCUT2D eigenvalue weighted by atomic mass is 16.5. The van der Waals surface area contributed by atoms with Crippen LogP contribution in [0.2, 0.25) is 0 Å². The number of aliphatic hydroxyl groups excluding tert-OH is 1. The van der Waals surface area contributed by atoms with Crippen LogP contribution in [0.15, 0.2) is 42.7 Å². The van der Waals surface area contributed by atoms with E-state index in [1.165, 1.54) is 0 Å². The molecule has 1 aromatic carbocycles. The average molecular weight is 273 g/mol. The lowest BCUT2D eigenvalue weighted by molar-refractivity contribution is 0.270. The maximum absolute atomic E-state index is 9.14. The minimum atomic E-state index is -0.00393. The molecule has 106 valence electrons. The molecule has 0 fully saturated rings. The van der Waals surface area contributed by atoms with E-state index in [-0.39, 0.29) is 6.61 Å². The lowest BCUT2D eigenvalue weighted by Gasteiger charge is -2.13. The van der Waals surface area contributed by atoms with Gasteiger partial charge < -0.3 is 14.6 Å². The van der Waals surface area contributed by atoms with Gasteiger partial charge in [-0.2, -0.15) is 0 Å². The van der Waals surface area contributed by atoms with Crippen LogP contribution in [0.1, 0.15) is 18.1 Å². The first kappa shape index (κ1) is 14.3. The topological polar surface area (TPSA) is 51.6 Å². The Balaban J connectivity index is 1.98. The van der Waals surface area contributed by atoms with Crippen molar-refractivity contribution in [2.75, 3.05) is 13.2 Å². The minimum Gasteiger partial charge on any atom is -0.490 e. The highest BCUT2D eigenvalue weighted by Crippen LogP contribution is 2.28. The maximum atomic E-state index is 9.14. The number of aliphatic hydroxyl groups is 1. The second-order valence-electron chi connectivity index (χ2n) is 4.33. The monoisotopic (exact) mass is 273 g/mol. The zero-order chi connectivity index (χ0) is 14.2. The van der Waals surface area contributed by atoms with Gasteiger partial charge in [0.1, 0.15) is 0 Å². The Hall–Kier alpha value is -2.07. The molecule has 0 aliphatic carbocycles. The zero-order valence-corrected chi connectivity index (χ0v) is 11.6. The number of aromatic nitrogens is 1. The predicted octanol–water partition coefficient (Wildman–Crippen LogP) is 2.59. The summed E-state index contributed by atoms with van der Waals surface area (Å²) in [6.07, 6.45) is 4.38. The fourth-order valence-electron chi connectivity index (χ4n) is 1.86. The summed E-state index contributed by atoms with van der Waals surface area (Å²) in [4.78, 5) is 4.07. The van der Waals surface area contributed by atoms with Gasteiger partial charge in [0.05, 0.1) is 19.8 Å². The predicted molar refractivity (Wildman–Crippen MR) is 77.0 cm³/mol. The second kappa shape index (κ2) is 7.50. The Labute approximate surface area is 119 Å². The number of benzene rings is 1. The molecule has 0 radical (unpaired) electrons. The largest absolute Gasteiger partial charge is 0.490 e. The Morgan fingerprint density at radius 3 is 2.70 bits per heavy atom. The van der Waals surface area contributed by atoms with Crippen LogP contribution >= 0.6 is 0 Å². The highest BCUT2D eigenvalue weighted by Gasteiger charge is 2.06. The van der Waals surface area contributed by atoms with E-state index in [4.69, 9.17) is 14.6 Å². The molecule has 1 heterocycles. The molecule has 1 aromatic heterocycles. The van der Waals surface area contributed by atoms with Crippen molar-refractivity contribution < 1.29 is 14.6 Å². The molecule has 0 saturated heterocycles. The van der Waals surface area contributed by atoms with Crippen molar-refractivity contribution in [3.63, 3.8) is 0 Å². The van der Waals surface area contributed by atoms with Gasteiger partial charge in [-0.15, -0.1) is 0 Å². The number of nitrogens with zero attached hydrogens (tertiary/aromatic N) is 1. The van der Waals surface area contributed by atoms with Crippen LogP contribution in [0.3, 0.4) is 0 Å². The van der Waals surface area contributed by atoms with Gasteiger partial charge in [0, 0.05) is 18.8 Å². The molecule has 2 aromatic rings. The first-order chi connectivity index (χ1) is 9.83. The Bertz CT molecular complexity index is 529. The van der Waals surface area contributed by atoms with Crippen LogP contribution in [0.25, 0.3) is 0 Å². The van der Waals surface area contributed by atoms with E-state index in [1.807, 2.05) is 43.5 Å². The standard InChI is InChI=1S/C16H19NO3/c1-2-19-16-10-14(12-18)5-6-15(16)20-9-7-13-4-3-8-17-11-13/h3-6,8,10-11,18H,2,7,9,12H2,1H3. The third-order valence-corrected chi connectivity index (χ3v) is 2.86. The first-order valence-electron chi connectivity index (χ1n) is 6.71. The molecular formula is C16H19NO3. The van der Waals surface area contributed by atoms with Crippen molar-refractivity contribution in [1.29, 1.82) is 0 Å². The summed E-state index contributed by atoms with van der Waals surface area (Å²) in [5.41, 5.74) is 1.95. The summed E-state index contributed by atoms with van der Waals surface area (Å²) in [5, 5.41) is 9.14. The van der Waals surface area contributed by atoms with E-state index >= 15 is 0 Å². The van der Waals surface area contributed by atoms with Gasteiger partial charge in [-0.05, 0) is 36.2 Å². The van der Waals surface area contributed by atoms with Crippen LogP contribution < -0.4 is 9.47 Å². The molecule has 0 unspecified atom stereocenters. The molecule has 0 bridgehead atoms. The fourth-order valence-corrected chi connectivity index (χ4v) is 1.86. The number of ether oxygens (including phenoxy) is 2. The van der Waals surface area contributed by atoms with Crippen molar-refractivity contribution >= 4 is 0 Å². The van der Waals surface area contributed by atoms with E-state index < -0.39 is 0 Å². The Morgan fingerprint density at radius 1 is 1.10 bits per heavy atom. The number of hydrogen-bond donors (Lipinski definition) is 1. The van der Waals surface area contributed by atoms with Crippen LogP contribution in [0.4, 0.5) is 0 Å². The van der Waals surface area contributed by atoms with Gasteiger partial charge in [-0.25, -0.2) is 0 Å². The molecule has 2 rings (SSSR count). The van der Waals surface area contributed by atoms with Crippen LogP contribution in [0.5, 0.6) is 11.5 Å². The van der Waals surface area contributed by atoms with E-state index in [1.54, 1.807) is 6.20 Å². The van der Waals surface area contributed by atoms with Gasteiger partial charge in [0.15, 0.2) is 11.5 Å². The third-order valence-electron chi connectivity index (χ3n) is 2.86. The van der Waals surface area contributed by atoms with Gasteiger partial charge in [0.25, 0.3) is 0 Å². The normalized spacial score (nSPS) is 10.3. The van der Waals surface area contributed by atoms with Crippen molar-refractivity contribution in [2.24, 2.45) is 0 Å². The van der Waals surface area contributed by atoms with E-state index in [2.05, 4.69) is 4.98 Å². The summed E-state index contributed by atoms with van der Waals surface area (Å²) in [6, 6.07) is 9.41. The quantitative estimate of drug-likeness (QED) is 0.842. The van der Waals surface area contributed by atoms with Crippen molar-refractivity contribution in [2.45, 2.75) is 20.0 Å². The third kappa shape index (κ3) is 3.96. The molecule has 1 N–H and O–H groups in total. The van der Waals surface area contributed by atoms with E-state index in [0.29, 0.717) is 24.7 Å². The molecule has 4 heteroatoms. The van der Waals surface area contributed by atoms with Gasteiger partial charge in [-0.1, -0.05) is 12.1 Å². The molecule has 0 aliphatic rings. The minimum absolute atomic E-state index is 0.00393. The van der Waals surface area contributed by atoms with Crippen molar-refractivity contribution in [3.8, 4) is 11.5 Å². The van der Waals surface area contributed by atoms with Crippen molar-refractivity contribution in [3.05, 3.63) is 53.9 Å². The Kier molecular flexibility index (Phi) is 5.38. The molecule has 0 saturated carbocycles. The van der Waals surface area contributed by atoms with Crippen LogP contribution in [0, 0.1) is 0 Å². The van der Waals surface area contributed by atoms with Crippen molar-refractivity contribution in [1.82, 2.24) is 4.98 Å². The van der Waals surface area contributed by atoms with E-state index in [9.17, 15) is 0 Å². The van der Waals surface area contributed by atoms with Gasteiger partial charge >= 0.3 is 0 Å². The molecule has 0 atom stereocenters. The molecule has 20 heavy (non-hydrogen) atoms. The molecule has 0 amide bonds. The maximum Gasteiger partial charge on any atom is 0.161 e. The lowest BCUT2D eigenvalue weighted by Crippen LogP contribution is -2.04. The lowest BCUT2D eigenvalue weighted by atomic mass is 10.2. The Morgan fingerprint density at radius 2 is 2.00 bits per heavy atom. The SMILES string of the molecule is CCOc1cc(CO)ccc1OCCc1cccnc1. The molecule has 0 aliphatic heterocycles. The summed E-state index contributed by atoms with van der Waals surface area (Å²) < 4.78 is 11.3. The smallest absolute Gasteiger partial charge is 0.161 e. The van der Waals surface area contributed by atoms with Gasteiger partial charge in [-0.3, -0.25) is 4.98 Å². The van der Waals surface area contributed by atoms with Gasteiger partial charge in [0.2, 0.25) is 0 Å². The molecule has 4 nitrogen and oxygen atoms in total. The summed E-state index contributed by atoms with van der Waals surface area (Å²) in [5.74, 6) is 1.37. The average Bonchev–Trinajstić information content (AvgIpc) is 2.50. The van der Waals surface area contributed by atoms with Crippen LogP contribution in [-0.2, 0) is 13.0 Å². The zero-order valence-electron chi connectivity index (χ0n) is 11.6. The van der Waals surface area contributed by atoms with E-state index in [0.717, 1.165) is 17.5 Å². The second-order valence-corrected chi connectivity index (χ2v) is 4.33. The summed E-state index contributed by atoms with van der Waals surface area (Å²) in [7, 11) is 0. The number of rotatable bonds is 7. The molecule has 0 spiro atoms. The fraction of sp³-hybridized carbons (Fsp3) is 0.312. The first-order valence-corrected chi connectivity index (χ1v) is 6.71. The summed E-state index contributed by atoms with van der Waals surface area (Å²) in [6.45, 7) is 3.04. The number of hydrogen-bond acceptors (Lipinski definition) is 4. The number of pyridine rings is 1.